The minimum atomic E-state index is -0.773. The van der Waals surface area contributed by atoms with Crippen LogP contribution in [0.5, 0.6) is 0 Å². The molecule has 1 unspecified atom stereocenters. The molecule has 2 aromatic heterocycles. The van der Waals surface area contributed by atoms with Crippen LogP contribution in [0.25, 0.3) is 5.52 Å². The summed E-state index contributed by atoms with van der Waals surface area (Å²) in [6.45, 7) is 4.80. The fourth-order valence-corrected chi connectivity index (χ4v) is 4.23. The molecule has 0 bridgehead atoms. The number of carbonyl (C=O) groups excluding carboxylic acids is 2. The van der Waals surface area contributed by atoms with Crippen molar-refractivity contribution >= 4 is 23.0 Å². The van der Waals surface area contributed by atoms with Crippen LogP contribution in [-0.2, 0) is 9.53 Å². The lowest BCUT2D eigenvalue weighted by Crippen LogP contribution is -2.38. The molecule has 1 atom stereocenters. The Morgan fingerprint density at radius 3 is 2.97 bits per heavy atom. The van der Waals surface area contributed by atoms with Crippen molar-refractivity contribution in [2.24, 2.45) is 0 Å². The van der Waals surface area contributed by atoms with E-state index in [0.29, 0.717) is 34.6 Å². The summed E-state index contributed by atoms with van der Waals surface area (Å²) in [5.41, 5.74) is 2.46. The smallest absolute Gasteiger partial charge is 0.252 e. The van der Waals surface area contributed by atoms with E-state index in [1.54, 1.807) is 12.3 Å². The highest BCUT2D eigenvalue weighted by atomic mass is 19.1. The molecule has 10 heteroatoms. The largest absolute Gasteiger partial charge is 0.379 e. The van der Waals surface area contributed by atoms with Crippen molar-refractivity contribution in [1.82, 2.24) is 24.8 Å². The van der Waals surface area contributed by atoms with Crippen LogP contribution in [0.3, 0.4) is 0 Å². The molecule has 0 saturated carbocycles. The van der Waals surface area contributed by atoms with Crippen LogP contribution in [0.1, 0.15) is 34.0 Å². The van der Waals surface area contributed by atoms with Crippen LogP contribution in [0.2, 0.25) is 0 Å². The molecule has 2 aliphatic rings. The van der Waals surface area contributed by atoms with Crippen LogP contribution >= 0.6 is 0 Å². The zero-order valence-electron chi connectivity index (χ0n) is 17.4. The Labute approximate surface area is 183 Å². The third-order valence-corrected chi connectivity index (χ3v) is 5.86. The highest BCUT2D eigenvalue weighted by molar-refractivity contribution is 6.06. The minimum absolute atomic E-state index is 0.217. The maximum Gasteiger partial charge on any atom is 0.252 e. The summed E-state index contributed by atoms with van der Waals surface area (Å²) < 4.78 is 20.7. The van der Waals surface area contributed by atoms with Gasteiger partial charge >= 0.3 is 0 Å². The number of morpholine rings is 1. The highest BCUT2D eigenvalue weighted by Crippen LogP contribution is 2.38. The van der Waals surface area contributed by atoms with Gasteiger partial charge in [-0.2, -0.15) is 5.10 Å². The molecule has 0 aliphatic carbocycles. The fourth-order valence-electron chi connectivity index (χ4n) is 4.23. The number of rotatable bonds is 6. The molecule has 1 saturated heterocycles. The second-order valence-electron chi connectivity index (χ2n) is 7.92. The average Bonchev–Trinajstić information content (AvgIpc) is 3.38. The Morgan fingerprint density at radius 1 is 1.28 bits per heavy atom. The summed E-state index contributed by atoms with van der Waals surface area (Å²) in [5, 5.41) is 9.87. The molecule has 0 spiro atoms. The van der Waals surface area contributed by atoms with E-state index in [1.807, 2.05) is 0 Å². The molecule has 4 heterocycles. The normalized spacial score (nSPS) is 18.5. The first-order valence-corrected chi connectivity index (χ1v) is 10.6. The van der Waals surface area contributed by atoms with Gasteiger partial charge in [-0.05, 0) is 42.8 Å². The Bertz CT molecular complexity index is 1170. The van der Waals surface area contributed by atoms with Gasteiger partial charge in [0.25, 0.3) is 5.91 Å². The van der Waals surface area contributed by atoms with E-state index < -0.39 is 11.7 Å². The molecular weight excluding hydrogens is 415 g/mol. The van der Waals surface area contributed by atoms with Crippen molar-refractivity contribution in [3.8, 4) is 0 Å². The van der Waals surface area contributed by atoms with Crippen molar-refractivity contribution in [3.63, 3.8) is 0 Å². The van der Waals surface area contributed by atoms with Crippen molar-refractivity contribution < 1.29 is 18.7 Å². The molecule has 2 N–H and O–H groups in total. The fraction of sp³-hybridized carbons (Fsp3) is 0.364. The molecule has 2 amide bonds. The maximum absolute atomic E-state index is 13.8. The van der Waals surface area contributed by atoms with E-state index in [-0.39, 0.29) is 11.8 Å². The number of fused-ring (bicyclic) bond motifs is 2. The van der Waals surface area contributed by atoms with Crippen LogP contribution < -0.4 is 10.6 Å². The number of nitrogens with one attached hydrogen (secondary N) is 2. The van der Waals surface area contributed by atoms with Gasteiger partial charge in [-0.1, -0.05) is 0 Å². The van der Waals surface area contributed by atoms with Crippen molar-refractivity contribution in [3.05, 3.63) is 59.4 Å². The first kappa shape index (κ1) is 20.5. The van der Waals surface area contributed by atoms with E-state index >= 15 is 0 Å². The Balaban J connectivity index is 1.32. The number of anilines is 1. The number of amides is 2. The second kappa shape index (κ2) is 8.64. The quantitative estimate of drug-likeness (QED) is 0.565. The number of carbonyl (C=O) groups is 2. The predicted octanol–water partition coefficient (Wildman–Crippen LogP) is 1.40. The van der Waals surface area contributed by atoms with Crippen LogP contribution in [0.15, 0.2) is 36.8 Å². The van der Waals surface area contributed by atoms with Gasteiger partial charge in [-0.15, -0.1) is 0 Å². The van der Waals surface area contributed by atoms with Crippen molar-refractivity contribution in [1.29, 1.82) is 0 Å². The van der Waals surface area contributed by atoms with Gasteiger partial charge in [0, 0.05) is 31.5 Å². The molecule has 166 valence electrons. The zero-order chi connectivity index (χ0) is 22.1. The van der Waals surface area contributed by atoms with Crippen molar-refractivity contribution in [2.45, 2.75) is 12.3 Å². The molecular formula is C22H23FN6O3. The molecule has 5 rings (SSSR count). The number of aromatic nitrogens is 3. The van der Waals surface area contributed by atoms with Gasteiger partial charge in [0.1, 0.15) is 18.1 Å². The van der Waals surface area contributed by atoms with E-state index in [4.69, 9.17) is 4.74 Å². The van der Waals surface area contributed by atoms with E-state index in [9.17, 15) is 14.0 Å². The lowest BCUT2D eigenvalue weighted by Gasteiger charge is -2.26. The van der Waals surface area contributed by atoms with Crippen LogP contribution in [0.4, 0.5) is 10.1 Å². The van der Waals surface area contributed by atoms with Crippen LogP contribution in [0, 0.1) is 5.82 Å². The first-order chi connectivity index (χ1) is 15.6. The lowest BCUT2D eigenvalue weighted by molar-refractivity contribution is -0.116. The summed E-state index contributed by atoms with van der Waals surface area (Å²) in [5.74, 6) is -1.71. The number of nitrogens with zero attached hydrogens (tertiary/aromatic N) is 4. The second-order valence-corrected chi connectivity index (χ2v) is 7.92. The summed E-state index contributed by atoms with van der Waals surface area (Å²) in [6, 6.07) is 5.84. The lowest BCUT2D eigenvalue weighted by atomic mass is 9.96. The number of hydrogen-bond donors (Lipinski definition) is 2. The monoisotopic (exact) mass is 438 g/mol. The summed E-state index contributed by atoms with van der Waals surface area (Å²) in [7, 11) is 0. The van der Waals surface area contributed by atoms with Gasteiger partial charge in [-0.25, -0.2) is 13.9 Å². The SMILES string of the molecule is O=C(NCCCN1CCOCC1)c1cc2c(C3C(=O)Nc4ccc(F)cc43)ncnn2c1. The predicted molar refractivity (Wildman–Crippen MR) is 114 cm³/mol. The highest BCUT2D eigenvalue weighted by Gasteiger charge is 2.35. The zero-order valence-corrected chi connectivity index (χ0v) is 17.4. The number of hydrogen-bond acceptors (Lipinski definition) is 6. The summed E-state index contributed by atoms with van der Waals surface area (Å²) >= 11 is 0. The molecule has 1 fully saturated rings. The van der Waals surface area contributed by atoms with Gasteiger partial charge in [0.2, 0.25) is 5.91 Å². The Kier molecular flexibility index (Phi) is 5.54. The molecule has 1 aromatic carbocycles. The molecule has 0 radical (unpaired) electrons. The van der Waals surface area contributed by atoms with Crippen LogP contribution in [-0.4, -0.2) is 70.7 Å². The van der Waals surface area contributed by atoms with E-state index in [0.717, 1.165) is 39.3 Å². The van der Waals surface area contributed by atoms with Gasteiger partial charge in [0.15, 0.2) is 0 Å². The number of halogens is 1. The summed E-state index contributed by atoms with van der Waals surface area (Å²) in [4.78, 5) is 31.9. The molecule has 9 nitrogen and oxygen atoms in total. The molecule has 2 aliphatic heterocycles. The third-order valence-electron chi connectivity index (χ3n) is 5.86. The Hall–Kier alpha value is -3.37. The standard InChI is InChI=1S/C22H23FN6O3/c23-15-2-3-17-16(11-15)19(22(31)27-17)20-18-10-14(12-29(18)26-13-25-20)21(30)24-4-1-5-28-6-8-32-9-7-28/h2-3,10-13,19H,1,4-9H2,(H,24,30)(H,27,31). The average molecular weight is 438 g/mol. The van der Waals surface area contributed by atoms with Gasteiger partial charge in [0.05, 0.1) is 30.0 Å². The number of ether oxygens (including phenoxy) is 1. The topological polar surface area (TPSA) is 101 Å². The third kappa shape index (κ3) is 3.94. The van der Waals surface area contributed by atoms with E-state index in [2.05, 4.69) is 25.6 Å². The summed E-state index contributed by atoms with van der Waals surface area (Å²) in [6.07, 6.45) is 3.78. The minimum Gasteiger partial charge on any atom is -0.379 e. The van der Waals surface area contributed by atoms with E-state index in [1.165, 1.54) is 29.0 Å². The molecule has 32 heavy (non-hydrogen) atoms. The Morgan fingerprint density at radius 2 is 2.12 bits per heavy atom. The van der Waals surface area contributed by atoms with Gasteiger partial charge in [-0.3, -0.25) is 14.5 Å². The van der Waals surface area contributed by atoms with Crippen molar-refractivity contribution in [2.75, 3.05) is 44.7 Å². The first-order valence-electron chi connectivity index (χ1n) is 10.6. The number of benzene rings is 1. The maximum atomic E-state index is 13.8. The van der Waals surface area contributed by atoms with Gasteiger partial charge < -0.3 is 15.4 Å². The molecule has 3 aromatic rings.